The van der Waals surface area contributed by atoms with Gasteiger partial charge in [-0.1, -0.05) is 18.2 Å². The second kappa shape index (κ2) is 6.99. The van der Waals surface area contributed by atoms with Gasteiger partial charge in [-0.25, -0.2) is 9.07 Å². The van der Waals surface area contributed by atoms with Crippen LogP contribution in [-0.4, -0.2) is 15.7 Å². The van der Waals surface area contributed by atoms with Gasteiger partial charge in [-0.3, -0.25) is 4.79 Å². The topological polar surface area (TPSA) is 46.9 Å². The molecular weight excluding hydrogens is 350 g/mol. The largest absolute Gasteiger partial charge is 0.416 e. The third-order valence-corrected chi connectivity index (χ3v) is 3.62. The molecule has 0 spiro atoms. The van der Waals surface area contributed by atoms with Gasteiger partial charge in [0.1, 0.15) is 5.82 Å². The van der Waals surface area contributed by atoms with Crippen LogP contribution in [0.1, 0.15) is 11.1 Å². The average molecular weight is 363 g/mol. The molecule has 0 unspecified atom stereocenters. The summed E-state index contributed by atoms with van der Waals surface area (Å²) < 4.78 is 52.6. The summed E-state index contributed by atoms with van der Waals surface area (Å²) in [5.41, 5.74) is -0.0911. The molecular formula is C18H13F4N3O. The first-order chi connectivity index (χ1) is 12.3. The average Bonchev–Trinajstić information content (AvgIpc) is 3.05. The Hall–Kier alpha value is -3.16. The molecule has 4 nitrogen and oxygen atoms in total. The summed E-state index contributed by atoms with van der Waals surface area (Å²) in [4.78, 5) is 12.0. The van der Waals surface area contributed by atoms with Crippen molar-refractivity contribution < 1.29 is 22.4 Å². The molecule has 1 aromatic heterocycles. The summed E-state index contributed by atoms with van der Waals surface area (Å²) in [7, 11) is 0. The summed E-state index contributed by atoms with van der Waals surface area (Å²) in [5.74, 6) is -0.711. The van der Waals surface area contributed by atoms with Crippen LogP contribution in [0.5, 0.6) is 0 Å². The molecule has 1 heterocycles. The lowest BCUT2D eigenvalue weighted by atomic mass is 10.1. The zero-order chi connectivity index (χ0) is 18.7. The zero-order valence-electron chi connectivity index (χ0n) is 13.3. The molecule has 0 aliphatic carbocycles. The van der Waals surface area contributed by atoms with Gasteiger partial charge in [-0.05, 0) is 35.9 Å². The van der Waals surface area contributed by atoms with E-state index in [-0.39, 0.29) is 17.8 Å². The molecule has 3 aromatic rings. The van der Waals surface area contributed by atoms with Crippen molar-refractivity contribution in [2.24, 2.45) is 0 Å². The summed E-state index contributed by atoms with van der Waals surface area (Å²) in [5, 5.41) is 6.61. The number of halogens is 4. The van der Waals surface area contributed by atoms with Crippen molar-refractivity contribution in [1.29, 1.82) is 0 Å². The van der Waals surface area contributed by atoms with Gasteiger partial charge in [0.2, 0.25) is 5.91 Å². The fraction of sp³-hybridized carbons (Fsp3) is 0.111. The monoisotopic (exact) mass is 363 g/mol. The van der Waals surface area contributed by atoms with E-state index in [1.54, 1.807) is 6.07 Å². The van der Waals surface area contributed by atoms with Crippen LogP contribution >= 0.6 is 0 Å². The number of nitrogens with zero attached hydrogens (tertiary/aromatic N) is 2. The van der Waals surface area contributed by atoms with Crippen LogP contribution in [-0.2, 0) is 17.4 Å². The van der Waals surface area contributed by atoms with E-state index in [2.05, 4.69) is 10.4 Å². The van der Waals surface area contributed by atoms with Gasteiger partial charge in [0.05, 0.1) is 17.7 Å². The fourth-order valence-corrected chi connectivity index (χ4v) is 2.34. The number of amides is 1. The van der Waals surface area contributed by atoms with Crippen molar-refractivity contribution in [1.82, 2.24) is 9.78 Å². The molecule has 3 rings (SSSR count). The maximum atomic E-state index is 13.6. The fourth-order valence-electron chi connectivity index (χ4n) is 2.34. The lowest BCUT2D eigenvalue weighted by Crippen LogP contribution is -2.15. The van der Waals surface area contributed by atoms with Gasteiger partial charge in [0.15, 0.2) is 5.82 Å². The maximum absolute atomic E-state index is 13.6. The van der Waals surface area contributed by atoms with Crippen molar-refractivity contribution in [2.75, 3.05) is 5.32 Å². The number of alkyl halides is 3. The Kier molecular flexibility index (Phi) is 4.75. The van der Waals surface area contributed by atoms with Crippen LogP contribution in [0.2, 0.25) is 0 Å². The Morgan fingerprint density at radius 2 is 1.73 bits per heavy atom. The molecule has 0 radical (unpaired) electrons. The summed E-state index contributed by atoms with van der Waals surface area (Å²) in [6.07, 6.45) is -3.06. The minimum absolute atomic E-state index is 0.153. The number of carbonyl (C=O) groups is 1. The number of rotatable bonds is 4. The number of benzene rings is 2. The number of hydrogen-bond acceptors (Lipinski definition) is 2. The quantitative estimate of drug-likeness (QED) is 0.706. The van der Waals surface area contributed by atoms with E-state index in [1.165, 1.54) is 47.3 Å². The molecule has 8 heteroatoms. The van der Waals surface area contributed by atoms with Gasteiger partial charge >= 0.3 is 6.18 Å². The smallest absolute Gasteiger partial charge is 0.309 e. The lowest BCUT2D eigenvalue weighted by molar-refractivity contribution is -0.137. The van der Waals surface area contributed by atoms with Crippen LogP contribution in [0.4, 0.5) is 23.4 Å². The Morgan fingerprint density at radius 1 is 1.04 bits per heavy atom. The van der Waals surface area contributed by atoms with E-state index in [0.717, 1.165) is 12.1 Å². The van der Waals surface area contributed by atoms with Gasteiger partial charge in [-0.2, -0.15) is 18.3 Å². The summed E-state index contributed by atoms with van der Waals surface area (Å²) >= 11 is 0. The standard InChI is InChI=1S/C18H13F4N3O/c19-15-4-2-1-3-12(15)11-17(26)23-16-9-10-25(24-16)14-7-5-13(6-8-14)18(20,21)22/h1-10H,11H2,(H,23,24,26). The van der Waals surface area contributed by atoms with Crippen LogP contribution in [0.25, 0.3) is 5.69 Å². The normalized spacial score (nSPS) is 11.4. The van der Waals surface area contributed by atoms with Gasteiger partial charge in [0, 0.05) is 12.3 Å². The maximum Gasteiger partial charge on any atom is 0.416 e. The summed E-state index contributed by atoms with van der Waals surface area (Å²) in [6.45, 7) is 0. The van der Waals surface area contributed by atoms with Crippen LogP contribution in [0.3, 0.4) is 0 Å². The summed E-state index contributed by atoms with van der Waals surface area (Å²) in [6, 6.07) is 11.9. The molecule has 134 valence electrons. The second-order valence-corrected chi connectivity index (χ2v) is 5.51. The van der Waals surface area contributed by atoms with Gasteiger partial charge in [-0.15, -0.1) is 0 Å². The molecule has 0 saturated heterocycles. The Morgan fingerprint density at radius 3 is 2.38 bits per heavy atom. The van der Waals surface area contributed by atoms with E-state index in [0.29, 0.717) is 5.69 Å². The molecule has 26 heavy (non-hydrogen) atoms. The minimum atomic E-state index is -4.41. The third kappa shape index (κ3) is 4.08. The van der Waals surface area contributed by atoms with Gasteiger partial charge in [0.25, 0.3) is 0 Å². The van der Waals surface area contributed by atoms with Gasteiger partial charge < -0.3 is 5.32 Å². The number of aromatic nitrogens is 2. The molecule has 2 aromatic carbocycles. The molecule has 0 fully saturated rings. The van der Waals surface area contributed by atoms with Crippen molar-refractivity contribution >= 4 is 11.7 Å². The molecule has 0 aliphatic rings. The molecule has 0 aliphatic heterocycles. The first-order valence-electron chi connectivity index (χ1n) is 7.59. The predicted molar refractivity (Wildman–Crippen MR) is 87.3 cm³/mol. The number of hydrogen-bond donors (Lipinski definition) is 1. The Balaban J connectivity index is 1.68. The van der Waals surface area contributed by atoms with Crippen molar-refractivity contribution in [2.45, 2.75) is 12.6 Å². The zero-order valence-corrected chi connectivity index (χ0v) is 13.3. The molecule has 0 bridgehead atoms. The first kappa shape index (κ1) is 17.7. The van der Waals surface area contributed by atoms with Crippen molar-refractivity contribution in [3.8, 4) is 5.69 Å². The Labute approximate surface area is 146 Å². The van der Waals surface area contributed by atoms with E-state index in [1.807, 2.05) is 0 Å². The number of anilines is 1. The number of nitrogens with one attached hydrogen (secondary N) is 1. The molecule has 1 N–H and O–H groups in total. The molecule has 0 atom stereocenters. The second-order valence-electron chi connectivity index (χ2n) is 5.51. The SMILES string of the molecule is O=C(Cc1ccccc1F)Nc1ccn(-c2ccc(C(F)(F)F)cc2)n1. The molecule has 0 saturated carbocycles. The molecule has 1 amide bonds. The van der Waals surface area contributed by atoms with E-state index in [9.17, 15) is 22.4 Å². The number of carbonyl (C=O) groups excluding carboxylic acids is 1. The van der Waals surface area contributed by atoms with E-state index >= 15 is 0 Å². The van der Waals surface area contributed by atoms with E-state index in [4.69, 9.17) is 0 Å². The first-order valence-corrected chi connectivity index (χ1v) is 7.59. The van der Waals surface area contributed by atoms with Crippen LogP contribution in [0.15, 0.2) is 60.8 Å². The highest BCUT2D eigenvalue weighted by molar-refractivity contribution is 5.91. The van der Waals surface area contributed by atoms with Crippen molar-refractivity contribution in [3.63, 3.8) is 0 Å². The van der Waals surface area contributed by atoms with E-state index < -0.39 is 23.5 Å². The van der Waals surface area contributed by atoms with Crippen LogP contribution < -0.4 is 5.32 Å². The van der Waals surface area contributed by atoms with Crippen molar-refractivity contribution in [3.05, 3.63) is 77.7 Å². The Bertz CT molecular complexity index is 917. The lowest BCUT2D eigenvalue weighted by Gasteiger charge is -2.07. The highest BCUT2D eigenvalue weighted by atomic mass is 19.4. The third-order valence-electron chi connectivity index (χ3n) is 3.62. The predicted octanol–water partition coefficient (Wildman–Crippen LogP) is 4.21. The minimum Gasteiger partial charge on any atom is -0.309 e. The highest BCUT2D eigenvalue weighted by Crippen LogP contribution is 2.29. The van der Waals surface area contributed by atoms with Crippen LogP contribution in [0, 0.1) is 5.82 Å². The highest BCUT2D eigenvalue weighted by Gasteiger charge is 2.30.